The minimum absolute atomic E-state index is 0.303. The van der Waals surface area contributed by atoms with Gasteiger partial charge in [0.1, 0.15) is 6.07 Å². The molecule has 0 heterocycles. The van der Waals surface area contributed by atoms with Gasteiger partial charge in [-0.2, -0.15) is 5.26 Å². The second kappa shape index (κ2) is 6.99. The Morgan fingerprint density at radius 2 is 1.37 bits per heavy atom. The van der Waals surface area contributed by atoms with Crippen molar-refractivity contribution in [2.75, 3.05) is 0 Å². The minimum Gasteiger partial charge on any atom is -0.307 e. The van der Waals surface area contributed by atoms with Crippen LogP contribution in [0.1, 0.15) is 5.56 Å². The van der Waals surface area contributed by atoms with Gasteiger partial charge in [0.05, 0.1) is 5.57 Å². The zero-order valence-electron chi connectivity index (χ0n) is 16.3. The summed E-state index contributed by atoms with van der Waals surface area (Å²) in [5.41, 5.74) is 4.05. The summed E-state index contributed by atoms with van der Waals surface area (Å²) in [7, 11) is 0. The average molecular weight is 382 g/mol. The van der Waals surface area contributed by atoms with Crippen LogP contribution in [0.15, 0.2) is 97.1 Å². The van der Waals surface area contributed by atoms with Crippen molar-refractivity contribution in [3.05, 3.63) is 103 Å². The molecule has 0 radical (unpaired) electrons. The van der Waals surface area contributed by atoms with Crippen LogP contribution in [-0.2, 0) is 0 Å². The first-order valence-corrected chi connectivity index (χ1v) is 9.79. The lowest BCUT2D eigenvalue weighted by Crippen LogP contribution is -1.90. The first kappa shape index (κ1) is 17.8. The molecule has 5 aromatic carbocycles. The van der Waals surface area contributed by atoms with Crippen molar-refractivity contribution in [2.45, 2.75) is 0 Å². The second-order valence-electron chi connectivity index (χ2n) is 7.38. The SMILES string of the molecule is C=C/C(=C(/C#N)C=N)c1cccc(-c2cc3ccc4cccc5ccc(c2)c3c45)c1. The summed E-state index contributed by atoms with van der Waals surface area (Å²) in [5, 5.41) is 24.4. The zero-order valence-corrected chi connectivity index (χ0v) is 16.3. The molecule has 0 aliphatic heterocycles. The quantitative estimate of drug-likeness (QED) is 0.150. The topological polar surface area (TPSA) is 47.6 Å². The third-order valence-electron chi connectivity index (χ3n) is 5.73. The number of hydrogen-bond acceptors (Lipinski definition) is 2. The Kier molecular flexibility index (Phi) is 4.16. The van der Waals surface area contributed by atoms with E-state index in [2.05, 4.69) is 79.4 Å². The molecular formula is C28H18N2. The number of hydrogen-bond donors (Lipinski definition) is 1. The number of nitrogens with zero attached hydrogens (tertiary/aromatic N) is 1. The van der Waals surface area contributed by atoms with Gasteiger partial charge in [0, 0.05) is 11.8 Å². The van der Waals surface area contributed by atoms with Crippen molar-refractivity contribution in [3.63, 3.8) is 0 Å². The van der Waals surface area contributed by atoms with Crippen molar-refractivity contribution in [3.8, 4) is 17.2 Å². The van der Waals surface area contributed by atoms with Crippen LogP contribution < -0.4 is 0 Å². The monoisotopic (exact) mass is 382 g/mol. The first-order chi connectivity index (χ1) is 14.7. The molecule has 0 saturated heterocycles. The predicted molar refractivity (Wildman–Crippen MR) is 127 cm³/mol. The molecule has 0 saturated carbocycles. The Bertz CT molecular complexity index is 1470. The molecule has 30 heavy (non-hydrogen) atoms. The van der Waals surface area contributed by atoms with Gasteiger partial charge in [0.15, 0.2) is 0 Å². The molecule has 0 amide bonds. The molecule has 0 unspecified atom stereocenters. The van der Waals surface area contributed by atoms with Crippen molar-refractivity contribution in [2.24, 2.45) is 0 Å². The lowest BCUT2D eigenvalue weighted by atomic mass is 9.90. The fourth-order valence-corrected chi connectivity index (χ4v) is 4.34. The van der Waals surface area contributed by atoms with E-state index in [9.17, 15) is 5.26 Å². The molecule has 5 rings (SSSR count). The molecule has 1 N–H and O–H groups in total. The van der Waals surface area contributed by atoms with Gasteiger partial charge in [-0.3, -0.25) is 0 Å². The molecule has 0 aromatic heterocycles. The second-order valence-corrected chi connectivity index (χ2v) is 7.38. The normalized spacial score (nSPS) is 12.1. The molecule has 2 nitrogen and oxygen atoms in total. The van der Waals surface area contributed by atoms with E-state index >= 15 is 0 Å². The summed E-state index contributed by atoms with van der Waals surface area (Å²) >= 11 is 0. The van der Waals surface area contributed by atoms with E-state index in [1.807, 2.05) is 12.1 Å². The average Bonchev–Trinajstić information content (AvgIpc) is 2.80. The van der Waals surface area contributed by atoms with Gasteiger partial charge in [0.2, 0.25) is 0 Å². The Morgan fingerprint density at radius 3 is 1.97 bits per heavy atom. The van der Waals surface area contributed by atoms with Crippen molar-refractivity contribution in [1.29, 1.82) is 10.7 Å². The van der Waals surface area contributed by atoms with E-state index < -0.39 is 0 Å². The maximum Gasteiger partial charge on any atom is 0.101 e. The maximum absolute atomic E-state index is 9.34. The molecule has 0 bridgehead atoms. The van der Waals surface area contributed by atoms with E-state index in [1.165, 1.54) is 32.3 Å². The third-order valence-corrected chi connectivity index (χ3v) is 5.73. The summed E-state index contributed by atoms with van der Waals surface area (Å²) in [4.78, 5) is 0. The van der Waals surface area contributed by atoms with Crippen LogP contribution in [0.25, 0.3) is 49.0 Å². The molecule has 0 aliphatic carbocycles. The summed E-state index contributed by atoms with van der Waals surface area (Å²) in [6.45, 7) is 3.84. The Morgan fingerprint density at radius 1 is 0.767 bits per heavy atom. The van der Waals surface area contributed by atoms with E-state index in [4.69, 9.17) is 5.41 Å². The van der Waals surface area contributed by atoms with Crippen LogP contribution in [0, 0.1) is 16.7 Å². The number of nitriles is 1. The molecule has 5 aromatic rings. The van der Waals surface area contributed by atoms with Crippen molar-refractivity contribution in [1.82, 2.24) is 0 Å². The predicted octanol–water partition coefficient (Wildman–Crippen LogP) is 7.36. The lowest BCUT2D eigenvalue weighted by Gasteiger charge is -2.13. The van der Waals surface area contributed by atoms with Crippen LogP contribution in [0.5, 0.6) is 0 Å². The van der Waals surface area contributed by atoms with Gasteiger partial charge in [-0.15, -0.1) is 0 Å². The highest BCUT2D eigenvalue weighted by Crippen LogP contribution is 2.37. The maximum atomic E-state index is 9.34. The molecule has 2 heteroatoms. The number of allylic oxidation sites excluding steroid dienone is 3. The standard InChI is InChI=1S/C28H18N2/c1-2-26(25(16-29)17-30)21-8-4-7-20(13-21)24-14-22-11-9-18-5-3-6-19-10-12-23(15-24)28(22)27(18)19/h2-16,29H,1H2/b26-25-,29-16?. The van der Waals surface area contributed by atoms with Gasteiger partial charge in [0.25, 0.3) is 0 Å². The van der Waals surface area contributed by atoms with Crippen molar-refractivity contribution < 1.29 is 0 Å². The summed E-state index contributed by atoms with van der Waals surface area (Å²) in [6, 6.07) is 29.8. The van der Waals surface area contributed by atoms with Crippen LogP contribution in [0.2, 0.25) is 0 Å². The number of rotatable bonds is 4. The Labute approximate surface area is 174 Å². The highest BCUT2D eigenvalue weighted by molar-refractivity contribution is 6.23. The first-order valence-electron chi connectivity index (χ1n) is 9.79. The molecule has 140 valence electrons. The molecule has 0 atom stereocenters. The number of benzene rings is 5. The van der Waals surface area contributed by atoms with E-state index in [1.54, 1.807) is 6.08 Å². The molecule has 0 fully saturated rings. The van der Waals surface area contributed by atoms with Gasteiger partial charge in [-0.05, 0) is 67.2 Å². The van der Waals surface area contributed by atoms with Gasteiger partial charge in [-0.25, -0.2) is 0 Å². The lowest BCUT2D eigenvalue weighted by molar-refractivity contribution is 1.49. The van der Waals surface area contributed by atoms with Crippen LogP contribution in [0.3, 0.4) is 0 Å². The van der Waals surface area contributed by atoms with Gasteiger partial charge in [-0.1, -0.05) is 73.3 Å². The van der Waals surface area contributed by atoms with Gasteiger partial charge >= 0.3 is 0 Å². The van der Waals surface area contributed by atoms with Crippen molar-refractivity contribution >= 4 is 44.1 Å². The summed E-state index contributed by atoms with van der Waals surface area (Å²) in [5.74, 6) is 0. The highest BCUT2D eigenvalue weighted by Gasteiger charge is 2.11. The molecule has 0 spiro atoms. The fourth-order valence-electron chi connectivity index (χ4n) is 4.34. The van der Waals surface area contributed by atoms with Gasteiger partial charge < -0.3 is 5.41 Å². The van der Waals surface area contributed by atoms with Crippen LogP contribution in [0.4, 0.5) is 0 Å². The van der Waals surface area contributed by atoms with E-state index in [0.29, 0.717) is 11.1 Å². The smallest absolute Gasteiger partial charge is 0.101 e. The highest BCUT2D eigenvalue weighted by atomic mass is 14.3. The Hall–Kier alpha value is -4.22. The van der Waals surface area contributed by atoms with Crippen LogP contribution >= 0.6 is 0 Å². The molecular weight excluding hydrogens is 364 g/mol. The largest absolute Gasteiger partial charge is 0.307 e. The summed E-state index contributed by atoms with van der Waals surface area (Å²) in [6.07, 6.45) is 2.72. The zero-order chi connectivity index (χ0) is 20.7. The minimum atomic E-state index is 0.303. The van der Waals surface area contributed by atoms with E-state index in [0.717, 1.165) is 22.9 Å². The fraction of sp³-hybridized carbons (Fsp3) is 0. The molecule has 0 aliphatic rings. The third kappa shape index (κ3) is 2.69. The Balaban J connectivity index is 1.74. The number of nitrogens with one attached hydrogen (secondary N) is 1. The van der Waals surface area contributed by atoms with Crippen LogP contribution in [-0.4, -0.2) is 6.21 Å². The van der Waals surface area contributed by atoms with E-state index in [-0.39, 0.29) is 0 Å². The summed E-state index contributed by atoms with van der Waals surface area (Å²) < 4.78 is 0.